The van der Waals surface area contributed by atoms with Crippen LogP contribution in [-0.2, 0) is 10.0 Å². The average Bonchev–Trinajstić information content (AvgIpc) is 2.96. The monoisotopic (exact) mass is 332 g/mol. The molecule has 2 aromatic carbocycles. The van der Waals surface area contributed by atoms with Gasteiger partial charge in [0.05, 0.1) is 12.8 Å². The Balaban J connectivity index is 2.02. The van der Waals surface area contributed by atoms with Crippen LogP contribution in [0.5, 0.6) is 5.75 Å². The molecular weight excluding hydrogens is 316 g/mol. The van der Waals surface area contributed by atoms with Crippen molar-refractivity contribution in [3.8, 4) is 5.75 Å². The number of oxazole rings is 1. The van der Waals surface area contributed by atoms with E-state index >= 15 is 0 Å². The van der Waals surface area contributed by atoms with Gasteiger partial charge in [-0.15, -0.1) is 0 Å². The maximum atomic E-state index is 12.7. The summed E-state index contributed by atoms with van der Waals surface area (Å²) in [5.74, 6) is 0.307. The predicted octanol–water partition coefficient (Wildman–Crippen LogP) is 3.25. The number of methoxy groups -OCH3 is 1. The van der Waals surface area contributed by atoms with Crippen molar-refractivity contribution >= 4 is 26.8 Å². The van der Waals surface area contributed by atoms with Crippen LogP contribution >= 0.6 is 0 Å². The summed E-state index contributed by atoms with van der Waals surface area (Å²) < 4.78 is 38.3. The number of hydrogen-bond donors (Lipinski definition) is 1. The molecule has 120 valence electrons. The molecule has 0 spiro atoms. The third-order valence-corrected chi connectivity index (χ3v) is 5.06. The van der Waals surface area contributed by atoms with E-state index in [1.165, 1.54) is 13.5 Å². The molecule has 0 aliphatic carbocycles. The molecule has 0 bridgehead atoms. The van der Waals surface area contributed by atoms with Gasteiger partial charge in [0.25, 0.3) is 10.0 Å². The first-order chi connectivity index (χ1) is 10.9. The van der Waals surface area contributed by atoms with Crippen LogP contribution in [-0.4, -0.2) is 20.5 Å². The number of anilines is 1. The number of fused-ring (bicyclic) bond motifs is 1. The summed E-state index contributed by atoms with van der Waals surface area (Å²) >= 11 is 0. The lowest BCUT2D eigenvalue weighted by molar-refractivity contribution is 0.402. The molecule has 0 saturated carbocycles. The topological polar surface area (TPSA) is 81.4 Å². The maximum Gasteiger partial charge on any atom is 0.265 e. The van der Waals surface area contributed by atoms with Gasteiger partial charge >= 0.3 is 0 Å². The fraction of sp³-hybridized carbons (Fsp3) is 0.188. The molecule has 0 saturated heterocycles. The van der Waals surface area contributed by atoms with Gasteiger partial charge in [0.2, 0.25) is 0 Å². The van der Waals surface area contributed by atoms with Gasteiger partial charge in [-0.3, -0.25) is 4.72 Å². The Morgan fingerprint density at radius 2 is 1.87 bits per heavy atom. The number of benzene rings is 2. The van der Waals surface area contributed by atoms with Gasteiger partial charge in [-0.2, -0.15) is 0 Å². The lowest BCUT2D eigenvalue weighted by Crippen LogP contribution is -2.14. The van der Waals surface area contributed by atoms with Gasteiger partial charge in [-0.25, -0.2) is 13.4 Å². The van der Waals surface area contributed by atoms with Crippen LogP contribution in [0.4, 0.5) is 5.69 Å². The van der Waals surface area contributed by atoms with Gasteiger partial charge in [0, 0.05) is 6.07 Å². The van der Waals surface area contributed by atoms with E-state index in [9.17, 15) is 8.42 Å². The first-order valence-corrected chi connectivity index (χ1v) is 8.40. The lowest BCUT2D eigenvalue weighted by atomic mass is 10.1. The van der Waals surface area contributed by atoms with E-state index in [1.54, 1.807) is 30.3 Å². The highest BCUT2D eigenvalue weighted by Gasteiger charge is 2.21. The summed E-state index contributed by atoms with van der Waals surface area (Å²) in [5, 5.41) is 0. The van der Waals surface area contributed by atoms with E-state index in [0.29, 0.717) is 22.5 Å². The van der Waals surface area contributed by atoms with Crippen LogP contribution in [0, 0.1) is 13.8 Å². The molecular formula is C16H16N2O4S. The number of rotatable bonds is 4. The summed E-state index contributed by atoms with van der Waals surface area (Å²) in [5.41, 5.74) is 3.41. The average molecular weight is 332 g/mol. The highest BCUT2D eigenvalue weighted by atomic mass is 32.2. The molecule has 23 heavy (non-hydrogen) atoms. The Morgan fingerprint density at radius 3 is 2.61 bits per heavy atom. The Bertz CT molecular complexity index is 977. The molecule has 0 amide bonds. The molecule has 3 rings (SSSR count). The molecule has 7 heteroatoms. The smallest absolute Gasteiger partial charge is 0.265 e. The second-order valence-electron chi connectivity index (χ2n) is 5.23. The third-order valence-electron chi connectivity index (χ3n) is 3.65. The van der Waals surface area contributed by atoms with Gasteiger partial charge in [0.15, 0.2) is 12.0 Å². The maximum absolute atomic E-state index is 12.7. The van der Waals surface area contributed by atoms with Gasteiger partial charge in [0.1, 0.15) is 16.2 Å². The number of nitrogens with one attached hydrogen (secondary N) is 1. The fourth-order valence-corrected chi connectivity index (χ4v) is 3.55. The predicted molar refractivity (Wildman–Crippen MR) is 87.3 cm³/mol. The molecule has 1 N–H and O–H groups in total. The number of aromatic nitrogens is 1. The van der Waals surface area contributed by atoms with Crippen LogP contribution in [0.3, 0.4) is 0 Å². The first kappa shape index (κ1) is 15.4. The van der Waals surface area contributed by atoms with Crippen molar-refractivity contribution < 1.29 is 17.6 Å². The molecule has 1 heterocycles. The number of aryl methyl sites for hydroxylation is 2. The third kappa shape index (κ3) is 2.87. The van der Waals surface area contributed by atoms with Crippen LogP contribution in [0.15, 0.2) is 46.0 Å². The van der Waals surface area contributed by atoms with Crippen molar-refractivity contribution in [3.05, 3.63) is 47.9 Å². The molecule has 0 unspecified atom stereocenters. The minimum Gasteiger partial charge on any atom is -0.495 e. The molecule has 0 radical (unpaired) electrons. The van der Waals surface area contributed by atoms with E-state index in [-0.39, 0.29) is 4.90 Å². The molecule has 0 atom stereocenters. The van der Waals surface area contributed by atoms with E-state index in [4.69, 9.17) is 9.15 Å². The molecule has 0 fully saturated rings. The summed E-state index contributed by atoms with van der Waals surface area (Å²) in [6, 6.07) is 8.23. The Labute approximate surface area is 134 Å². The van der Waals surface area contributed by atoms with Crippen molar-refractivity contribution in [2.45, 2.75) is 18.7 Å². The minimum absolute atomic E-state index is 0.0979. The zero-order valence-corrected chi connectivity index (χ0v) is 13.8. The second-order valence-corrected chi connectivity index (χ2v) is 6.88. The van der Waals surface area contributed by atoms with E-state index in [2.05, 4.69) is 9.71 Å². The Hall–Kier alpha value is -2.54. The van der Waals surface area contributed by atoms with Crippen molar-refractivity contribution in [2.24, 2.45) is 0 Å². The minimum atomic E-state index is -3.78. The zero-order chi connectivity index (χ0) is 16.6. The normalized spacial score (nSPS) is 11.6. The molecule has 0 aliphatic heterocycles. The highest BCUT2D eigenvalue weighted by Crippen LogP contribution is 2.29. The van der Waals surface area contributed by atoms with Gasteiger partial charge < -0.3 is 9.15 Å². The molecule has 0 aliphatic rings. The van der Waals surface area contributed by atoms with Crippen molar-refractivity contribution in [1.29, 1.82) is 0 Å². The largest absolute Gasteiger partial charge is 0.495 e. The van der Waals surface area contributed by atoms with Gasteiger partial charge in [-0.05, 0) is 49.2 Å². The number of nitrogens with zero attached hydrogens (tertiary/aromatic N) is 1. The number of ether oxygens (including phenoxy) is 1. The Kier molecular flexibility index (Phi) is 3.73. The van der Waals surface area contributed by atoms with Crippen LogP contribution < -0.4 is 9.46 Å². The van der Waals surface area contributed by atoms with E-state index in [0.717, 1.165) is 11.1 Å². The van der Waals surface area contributed by atoms with E-state index in [1.807, 2.05) is 13.8 Å². The van der Waals surface area contributed by atoms with E-state index < -0.39 is 10.0 Å². The molecule has 6 nitrogen and oxygen atoms in total. The second kappa shape index (κ2) is 5.58. The van der Waals surface area contributed by atoms with Crippen molar-refractivity contribution in [2.75, 3.05) is 11.8 Å². The fourth-order valence-electron chi connectivity index (χ4n) is 2.26. The number of sulfonamides is 1. The molecule has 3 aromatic rings. The number of hydrogen-bond acceptors (Lipinski definition) is 5. The lowest BCUT2D eigenvalue weighted by Gasteiger charge is -2.13. The van der Waals surface area contributed by atoms with Crippen molar-refractivity contribution in [1.82, 2.24) is 4.98 Å². The molecule has 1 aromatic heterocycles. The SMILES string of the molecule is COc1cc(C)c(C)cc1S(=O)(=O)Nc1ccc2ncoc2c1. The summed E-state index contributed by atoms with van der Waals surface area (Å²) in [6.07, 6.45) is 1.31. The van der Waals surface area contributed by atoms with Gasteiger partial charge in [-0.1, -0.05) is 0 Å². The summed E-state index contributed by atoms with van der Waals surface area (Å²) in [6.45, 7) is 3.76. The summed E-state index contributed by atoms with van der Waals surface area (Å²) in [4.78, 5) is 4.10. The highest BCUT2D eigenvalue weighted by molar-refractivity contribution is 7.92. The quantitative estimate of drug-likeness (QED) is 0.793. The van der Waals surface area contributed by atoms with Crippen LogP contribution in [0.2, 0.25) is 0 Å². The summed E-state index contributed by atoms with van der Waals surface area (Å²) in [7, 11) is -2.34. The van der Waals surface area contributed by atoms with Crippen LogP contribution in [0.25, 0.3) is 11.1 Å². The van der Waals surface area contributed by atoms with Crippen molar-refractivity contribution in [3.63, 3.8) is 0 Å². The zero-order valence-electron chi connectivity index (χ0n) is 13.0. The van der Waals surface area contributed by atoms with Crippen LogP contribution in [0.1, 0.15) is 11.1 Å². The first-order valence-electron chi connectivity index (χ1n) is 6.92. The standard InChI is InChI=1S/C16H16N2O4S/c1-10-6-15(21-3)16(7-11(10)2)23(19,20)18-12-4-5-13-14(8-12)22-9-17-13/h4-9,18H,1-3H3. The Morgan fingerprint density at radius 1 is 1.13 bits per heavy atom.